The first-order valence-corrected chi connectivity index (χ1v) is 6.44. The van der Waals surface area contributed by atoms with Gasteiger partial charge in [0.25, 0.3) is 0 Å². The van der Waals surface area contributed by atoms with Gasteiger partial charge >= 0.3 is 0 Å². The zero-order valence-corrected chi connectivity index (χ0v) is 10.8. The highest BCUT2D eigenvalue weighted by molar-refractivity contribution is 5.34. The van der Waals surface area contributed by atoms with E-state index in [1.165, 1.54) is 24.0 Å². The molecular formula is C15H18N2O. The third kappa shape index (κ3) is 1.95. The average molecular weight is 242 g/mol. The van der Waals surface area contributed by atoms with Crippen molar-refractivity contribution in [2.45, 2.75) is 38.8 Å². The number of hydrogen-bond acceptors (Lipinski definition) is 2. The lowest BCUT2D eigenvalue weighted by atomic mass is 10.0. The first-order chi connectivity index (χ1) is 8.66. The average Bonchev–Trinajstić information content (AvgIpc) is 3.09. The van der Waals surface area contributed by atoms with Crippen molar-refractivity contribution in [3.8, 4) is 0 Å². The van der Waals surface area contributed by atoms with Gasteiger partial charge in [-0.2, -0.15) is 0 Å². The highest BCUT2D eigenvalue weighted by Gasteiger charge is 2.27. The molecular weight excluding hydrogens is 224 g/mol. The van der Waals surface area contributed by atoms with Crippen LogP contribution in [0.15, 0.2) is 30.7 Å². The third-order valence-corrected chi connectivity index (χ3v) is 3.76. The molecule has 3 nitrogen and oxygen atoms in total. The van der Waals surface area contributed by atoms with Crippen molar-refractivity contribution >= 4 is 0 Å². The Bertz CT molecular complexity index is 570. The number of imidazole rings is 1. The van der Waals surface area contributed by atoms with Crippen LogP contribution in [0.25, 0.3) is 0 Å². The van der Waals surface area contributed by atoms with Crippen molar-refractivity contribution in [2.75, 3.05) is 0 Å². The zero-order valence-electron chi connectivity index (χ0n) is 10.8. The number of hydrogen-bond donors (Lipinski definition) is 1. The minimum absolute atomic E-state index is 0.545. The van der Waals surface area contributed by atoms with Gasteiger partial charge in [-0.05, 0) is 43.4 Å². The lowest BCUT2D eigenvalue weighted by Gasteiger charge is -2.15. The molecule has 94 valence electrons. The highest BCUT2D eigenvalue weighted by Crippen LogP contribution is 2.37. The maximum absolute atomic E-state index is 10.5. The molecule has 2 aromatic rings. The normalized spacial score (nSPS) is 16.8. The molecule has 1 saturated carbocycles. The molecule has 1 fully saturated rings. The van der Waals surface area contributed by atoms with Crippen molar-refractivity contribution < 1.29 is 5.11 Å². The number of aliphatic hydroxyl groups is 1. The highest BCUT2D eigenvalue weighted by atomic mass is 16.3. The van der Waals surface area contributed by atoms with Crippen LogP contribution in [0.5, 0.6) is 0 Å². The van der Waals surface area contributed by atoms with Gasteiger partial charge in [0.05, 0.1) is 18.2 Å². The molecule has 1 atom stereocenters. The van der Waals surface area contributed by atoms with Gasteiger partial charge in [0.15, 0.2) is 0 Å². The Morgan fingerprint density at radius 3 is 2.72 bits per heavy atom. The van der Waals surface area contributed by atoms with Crippen molar-refractivity contribution in [2.24, 2.45) is 0 Å². The standard InChI is InChI=1S/C15H18N2O/c1-10-3-4-12(7-11(10)2)15(18)14-8-16-9-17(14)13-5-6-13/h3-4,7-9,13,15,18H,5-6H2,1-2H3. The van der Waals surface area contributed by atoms with Gasteiger partial charge in [-0.25, -0.2) is 4.98 Å². The molecule has 1 aromatic heterocycles. The van der Waals surface area contributed by atoms with Crippen molar-refractivity contribution in [1.82, 2.24) is 9.55 Å². The molecule has 1 unspecified atom stereocenters. The summed E-state index contributed by atoms with van der Waals surface area (Å²) >= 11 is 0. The molecule has 1 aliphatic carbocycles. The van der Waals surface area contributed by atoms with Crippen molar-refractivity contribution in [3.63, 3.8) is 0 Å². The Morgan fingerprint density at radius 1 is 1.28 bits per heavy atom. The maximum atomic E-state index is 10.5. The fourth-order valence-corrected chi connectivity index (χ4v) is 2.29. The lowest BCUT2D eigenvalue weighted by Crippen LogP contribution is -2.07. The van der Waals surface area contributed by atoms with E-state index in [0.29, 0.717) is 6.04 Å². The Morgan fingerprint density at radius 2 is 2.06 bits per heavy atom. The molecule has 1 aliphatic rings. The number of benzene rings is 1. The summed E-state index contributed by atoms with van der Waals surface area (Å²) in [6, 6.07) is 6.66. The Balaban J connectivity index is 1.95. The van der Waals surface area contributed by atoms with Gasteiger partial charge in [0, 0.05) is 6.04 Å². The fraction of sp³-hybridized carbons (Fsp3) is 0.400. The Labute approximate surface area is 107 Å². The van der Waals surface area contributed by atoms with E-state index >= 15 is 0 Å². The maximum Gasteiger partial charge on any atom is 0.121 e. The van der Waals surface area contributed by atoms with Crippen LogP contribution in [-0.4, -0.2) is 14.7 Å². The second-order valence-electron chi connectivity index (χ2n) is 5.20. The van der Waals surface area contributed by atoms with E-state index < -0.39 is 6.10 Å². The molecule has 3 heteroatoms. The van der Waals surface area contributed by atoms with Gasteiger partial charge in [-0.15, -0.1) is 0 Å². The van der Waals surface area contributed by atoms with Gasteiger partial charge in [-0.1, -0.05) is 18.2 Å². The van der Waals surface area contributed by atoms with Crippen LogP contribution in [0.4, 0.5) is 0 Å². The number of aryl methyl sites for hydroxylation is 2. The molecule has 0 saturated heterocycles. The number of aromatic nitrogens is 2. The molecule has 0 radical (unpaired) electrons. The summed E-state index contributed by atoms with van der Waals surface area (Å²) in [5.41, 5.74) is 4.31. The second kappa shape index (κ2) is 4.25. The Kier molecular flexibility index (Phi) is 2.71. The molecule has 0 amide bonds. The number of rotatable bonds is 3. The summed E-state index contributed by atoms with van der Waals surface area (Å²) in [6.07, 6.45) is 5.42. The molecule has 1 heterocycles. The van der Waals surface area contributed by atoms with E-state index in [0.717, 1.165) is 11.3 Å². The Hall–Kier alpha value is -1.61. The number of nitrogens with zero attached hydrogens (tertiary/aromatic N) is 2. The van der Waals surface area contributed by atoms with Crippen LogP contribution in [0.3, 0.4) is 0 Å². The van der Waals surface area contributed by atoms with E-state index in [-0.39, 0.29) is 0 Å². The third-order valence-electron chi connectivity index (χ3n) is 3.76. The largest absolute Gasteiger partial charge is 0.382 e. The summed E-state index contributed by atoms with van der Waals surface area (Å²) in [7, 11) is 0. The summed E-state index contributed by atoms with van der Waals surface area (Å²) < 4.78 is 2.11. The van der Waals surface area contributed by atoms with E-state index in [1.54, 1.807) is 6.20 Å². The molecule has 1 aromatic carbocycles. The summed E-state index contributed by atoms with van der Waals surface area (Å²) in [6.45, 7) is 4.16. The van der Waals surface area contributed by atoms with Crippen LogP contribution >= 0.6 is 0 Å². The summed E-state index contributed by atoms with van der Waals surface area (Å²) in [4.78, 5) is 4.17. The summed E-state index contributed by atoms with van der Waals surface area (Å²) in [5, 5.41) is 10.5. The SMILES string of the molecule is Cc1ccc(C(O)c2cncn2C2CC2)cc1C. The molecule has 1 N–H and O–H groups in total. The topological polar surface area (TPSA) is 38.1 Å². The van der Waals surface area contributed by atoms with Crippen molar-refractivity contribution in [3.05, 3.63) is 53.1 Å². The molecule has 3 rings (SSSR count). The van der Waals surface area contributed by atoms with E-state index in [2.05, 4.69) is 35.5 Å². The molecule has 0 aliphatic heterocycles. The first-order valence-electron chi connectivity index (χ1n) is 6.44. The minimum Gasteiger partial charge on any atom is -0.382 e. The van der Waals surface area contributed by atoms with Crippen LogP contribution in [-0.2, 0) is 0 Å². The van der Waals surface area contributed by atoms with Gasteiger partial charge in [-0.3, -0.25) is 0 Å². The van der Waals surface area contributed by atoms with Crippen LogP contribution < -0.4 is 0 Å². The second-order valence-corrected chi connectivity index (χ2v) is 5.20. The van der Waals surface area contributed by atoms with Gasteiger partial charge < -0.3 is 9.67 Å². The van der Waals surface area contributed by atoms with E-state index in [9.17, 15) is 5.11 Å². The van der Waals surface area contributed by atoms with Gasteiger partial charge in [0.1, 0.15) is 6.10 Å². The quantitative estimate of drug-likeness (QED) is 0.898. The first kappa shape index (κ1) is 11.5. The predicted molar refractivity (Wildman–Crippen MR) is 70.5 cm³/mol. The van der Waals surface area contributed by atoms with E-state index in [1.807, 2.05) is 12.4 Å². The molecule has 0 spiro atoms. The lowest BCUT2D eigenvalue weighted by molar-refractivity contribution is 0.209. The van der Waals surface area contributed by atoms with Crippen LogP contribution in [0.1, 0.15) is 47.4 Å². The zero-order chi connectivity index (χ0) is 12.7. The van der Waals surface area contributed by atoms with Crippen molar-refractivity contribution in [1.29, 1.82) is 0 Å². The molecule has 0 bridgehead atoms. The number of aliphatic hydroxyl groups excluding tert-OH is 1. The monoisotopic (exact) mass is 242 g/mol. The van der Waals surface area contributed by atoms with Crippen LogP contribution in [0.2, 0.25) is 0 Å². The van der Waals surface area contributed by atoms with Gasteiger partial charge in [0.2, 0.25) is 0 Å². The van der Waals surface area contributed by atoms with E-state index in [4.69, 9.17) is 0 Å². The minimum atomic E-state index is -0.576. The molecule has 18 heavy (non-hydrogen) atoms. The van der Waals surface area contributed by atoms with Crippen LogP contribution in [0, 0.1) is 13.8 Å². The predicted octanol–water partition coefficient (Wildman–Crippen LogP) is 2.92. The summed E-state index contributed by atoms with van der Waals surface area (Å²) in [5.74, 6) is 0. The smallest absolute Gasteiger partial charge is 0.121 e. The fourth-order valence-electron chi connectivity index (χ4n) is 2.29.